The van der Waals surface area contributed by atoms with Crippen molar-refractivity contribution in [2.45, 2.75) is 19.3 Å². The molecule has 2 aromatic heterocycles. The molecule has 2 heterocycles. The van der Waals surface area contributed by atoms with Crippen LogP contribution in [0, 0.1) is 0 Å². The summed E-state index contributed by atoms with van der Waals surface area (Å²) in [7, 11) is 0. The molecule has 0 N–H and O–H groups in total. The van der Waals surface area contributed by atoms with Crippen LogP contribution in [0.15, 0.2) is 174 Å². The Kier molecular flexibility index (Phi) is 6.60. The van der Waals surface area contributed by atoms with Crippen LogP contribution in [0.2, 0.25) is 0 Å². The summed E-state index contributed by atoms with van der Waals surface area (Å²) in [5.41, 5.74) is 14.1. The van der Waals surface area contributed by atoms with Gasteiger partial charge in [-0.25, -0.2) is 9.97 Å². The Labute approximate surface area is 313 Å². The minimum absolute atomic E-state index is 0.0957. The van der Waals surface area contributed by atoms with E-state index >= 15 is 0 Å². The van der Waals surface area contributed by atoms with E-state index in [1.54, 1.807) is 0 Å². The summed E-state index contributed by atoms with van der Waals surface area (Å²) in [5, 5.41) is 7.07. The molecule has 0 saturated heterocycles. The Bertz CT molecular complexity index is 3130. The van der Waals surface area contributed by atoms with Gasteiger partial charge in [0, 0.05) is 32.9 Å². The normalized spacial score (nSPS) is 13.1. The van der Waals surface area contributed by atoms with Crippen molar-refractivity contribution in [3.05, 3.63) is 181 Å². The molecule has 1 aliphatic carbocycles. The van der Waals surface area contributed by atoms with Gasteiger partial charge in [0.05, 0.1) is 11.4 Å². The van der Waals surface area contributed by atoms with Gasteiger partial charge in [-0.05, 0) is 85.3 Å². The second-order valence-electron chi connectivity index (χ2n) is 14.9. The molecule has 1 aliphatic rings. The van der Waals surface area contributed by atoms with E-state index in [0.29, 0.717) is 5.82 Å². The molecule has 0 atom stereocenters. The number of aromatic nitrogens is 2. The minimum Gasteiger partial charge on any atom is -0.455 e. The molecule has 8 aromatic carbocycles. The number of para-hydroxylation sites is 2. The second kappa shape index (κ2) is 11.6. The van der Waals surface area contributed by atoms with Gasteiger partial charge in [-0.1, -0.05) is 153 Å². The first kappa shape index (κ1) is 30.8. The largest absolute Gasteiger partial charge is 0.455 e. The SMILES string of the molecule is CC1(C)c2ccc(-c3ccc(-c4nc(-c5ccccc5)cc(-c5cccc6c5oc5ccccc56)n4)c4ccccc34)cc2-c2ccc3ccccc3c21. The van der Waals surface area contributed by atoms with Crippen LogP contribution in [0.3, 0.4) is 0 Å². The van der Waals surface area contributed by atoms with E-state index in [9.17, 15) is 0 Å². The van der Waals surface area contributed by atoms with Gasteiger partial charge in [-0.3, -0.25) is 0 Å². The zero-order valence-corrected chi connectivity index (χ0v) is 30.0. The number of hydrogen-bond donors (Lipinski definition) is 0. The fourth-order valence-electron chi connectivity index (χ4n) is 8.94. The molecule has 0 radical (unpaired) electrons. The van der Waals surface area contributed by atoms with E-state index in [1.807, 2.05) is 18.2 Å². The summed E-state index contributed by atoms with van der Waals surface area (Å²) in [6, 6.07) is 60.5. The maximum atomic E-state index is 6.49. The fraction of sp³-hybridized carbons (Fsp3) is 0.0588. The summed E-state index contributed by atoms with van der Waals surface area (Å²) in [4.78, 5) is 10.6. The second-order valence-corrected chi connectivity index (χ2v) is 14.9. The average molecular weight is 691 g/mol. The predicted molar refractivity (Wildman–Crippen MR) is 224 cm³/mol. The summed E-state index contributed by atoms with van der Waals surface area (Å²) in [5.74, 6) is 0.679. The van der Waals surface area contributed by atoms with Gasteiger partial charge in [-0.15, -0.1) is 0 Å². The van der Waals surface area contributed by atoms with Gasteiger partial charge in [0.15, 0.2) is 5.82 Å². The lowest BCUT2D eigenvalue weighted by Gasteiger charge is -2.23. The van der Waals surface area contributed by atoms with Crippen LogP contribution in [0.4, 0.5) is 0 Å². The van der Waals surface area contributed by atoms with E-state index in [1.165, 1.54) is 49.5 Å². The van der Waals surface area contributed by atoms with E-state index < -0.39 is 0 Å². The number of fused-ring (bicyclic) bond motifs is 9. The summed E-state index contributed by atoms with van der Waals surface area (Å²) in [6.45, 7) is 4.72. The molecular weight excluding hydrogens is 657 g/mol. The summed E-state index contributed by atoms with van der Waals surface area (Å²) >= 11 is 0. The Balaban J connectivity index is 1.10. The van der Waals surface area contributed by atoms with Crippen molar-refractivity contribution in [1.29, 1.82) is 0 Å². The van der Waals surface area contributed by atoms with Crippen LogP contribution in [0.25, 0.3) is 99.6 Å². The van der Waals surface area contributed by atoms with Gasteiger partial charge in [0.25, 0.3) is 0 Å². The molecule has 0 spiro atoms. The lowest BCUT2D eigenvalue weighted by molar-refractivity contribution is 0.666. The van der Waals surface area contributed by atoms with E-state index in [4.69, 9.17) is 14.4 Å². The Morgan fingerprint density at radius 3 is 1.94 bits per heavy atom. The average Bonchev–Trinajstić information content (AvgIpc) is 3.72. The van der Waals surface area contributed by atoms with Gasteiger partial charge >= 0.3 is 0 Å². The third kappa shape index (κ3) is 4.55. The highest BCUT2D eigenvalue weighted by atomic mass is 16.3. The number of rotatable bonds is 4. The highest BCUT2D eigenvalue weighted by Gasteiger charge is 2.37. The predicted octanol–water partition coefficient (Wildman–Crippen LogP) is 13.7. The lowest BCUT2D eigenvalue weighted by Crippen LogP contribution is -2.15. The first-order valence-electron chi connectivity index (χ1n) is 18.6. The smallest absolute Gasteiger partial charge is 0.161 e. The molecule has 0 amide bonds. The maximum Gasteiger partial charge on any atom is 0.161 e. The van der Waals surface area contributed by atoms with Crippen LogP contribution in [0.5, 0.6) is 0 Å². The molecule has 0 aliphatic heterocycles. The first-order valence-corrected chi connectivity index (χ1v) is 18.6. The summed E-state index contributed by atoms with van der Waals surface area (Å²) < 4.78 is 6.49. The topological polar surface area (TPSA) is 38.9 Å². The van der Waals surface area contributed by atoms with E-state index in [2.05, 4.69) is 166 Å². The Morgan fingerprint density at radius 1 is 0.426 bits per heavy atom. The third-order valence-electron chi connectivity index (χ3n) is 11.5. The number of benzene rings is 8. The van der Waals surface area contributed by atoms with Gasteiger partial charge in [0.2, 0.25) is 0 Å². The zero-order valence-electron chi connectivity index (χ0n) is 30.0. The van der Waals surface area contributed by atoms with Crippen molar-refractivity contribution < 1.29 is 4.42 Å². The fourth-order valence-corrected chi connectivity index (χ4v) is 8.94. The quantitative estimate of drug-likeness (QED) is 0.184. The Morgan fingerprint density at radius 2 is 1.09 bits per heavy atom. The molecule has 3 heteroatoms. The molecule has 254 valence electrons. The number of nitrogens with zero attached hydrogens (tertiary/aromatic N) is 2. The first-order chi connectivity index (χ1) is 26.5. The zero-order chi connectivity index (χ0) is 36.0. The molecule has 54 heavy (non-hydrogen) atoms. The van der Waals surface area contributed by atoms with Crippen LogP contribution in [0.1, 0.15) is 25.0 Å². The van der Waals surface area contributed by atoms with Crippen LogP contribution in [-0.4, -0.2) is 9.97 Å². The van der Waals surface area contributed by atoms with Crippen molar-refractivity contribution in [3.63, 3.8) is 0 Å². The van der Waals surface area contributed by atoms with Crippen molar-refractivity contribution >= 4 is 43.5 Å². The lowest BCUT2D eigenvalue weighted by atomic mass is 9.80. The molecule has 0 bridgehead atoms. The molecule has 0 saturated carbocycles. The highest BCUT2D eigenvalue weighted by Crippen LogP contribution is 2.52. The molecule has 3 nitrogen and oxygen atoms in total. The van der Waals surface area contributed by atoms with Crippen LogP contribution in [-0.2, 0) is 5.41 Å². The maximum absolute atomic E-state index is 6.49. The monoisotopic (exact) mass is 690 g/mol. The van der Waals surface area contributed by atoms with Crippen molar-refractivity contribution in [1.82, 2.24) is 9.97 Å². The Hall–Kier alpha value is -6.84. The molecule has 0 unspecified atom stereocenters. The van der Waals surface area contributed by atoms with Gasteiger partial charge in [0.1, 0.15) is 11.2 Å². The van der Waals surface area contributed by atoms with E-state index in [-0.39, 0.29) is 5.41 Å². The van der Waals surface area contributed by atoms with Crippen molar-refractivity contribution in [2.75, 3.05) is 0 Å². The molecule has 11 rings (SSSR count). The standard InChI is InChI=1S/C51H34N2O/c1-51(2)44-28-24-33(29-43(44)39-25-23-31-13-6-7-16-35(31)48(39)51)34-26-27-41(37-18-9-8-17-36(34)37)50-52-45(32-14-4-3-5-15-32)30-46(53-50)42-21-12-20-40-38-19-10-11-22-47(38)54-49(40)42/h3-30H,1-2H3. The molecule has 10 aromatic rings. The molecular formula is C51H34N2O. The number of furan rings is 1. The van der Waals surface area contributed by atoms with Crippen LogP contribution < -0.4 is 0 Å². The van der Waals surface area contributed by atoms with Crippen molar-refractivity contribution in [3.8, 4) is 56.2 Å². The highest BCUT2D eigenvalue weighted by molar-refractivity contribution is 6.10. The summed E-state index contributed by atoms with van der Waals surface area (Å²) in [6.07, 6.45) is 0. The van der Waals surface area contributed by atoms with Gasteiger partial charge in [-0.2, -0.15) is 0 Å². The van der Waals surface area contributed by atoms with Gasteiger partial charge < -0.3 is 4.42 Å². The minimum atomic E-state index is -0.0957. The third-order valence-corrected chi connectivity index (χ3v) is 11.5. The number of hydrogen-bond acceptors (Lipinski definition) is 3. The van der Waals surface area contributed by atoms with E-state index in [0.717, 1.165) is 55.4 Å². The van der Waals surface area contributed by atoms with Crippen LogP contribution >= 0.6 is 0 Å². The molecule has 0 fully saturated rings. The van der Waals surface area contributed by atoms with Crippen molar-refractivity contribution in [2.24, 2.45) is 0 Å².